The summed E-state index contributed by atoms with van der Waals surface area (Å²) < 4.78 is 9.08. The van der Waals surface area contributed by atoms with E-state index in [2.05, 4.69) is 17.1 Å². The van der Waals surface area contributed by atoms with Crippen molar-refractivity contribution in [1.29, 1.82) is 0 Å². The largest absolute Gasteiger partial charge is 0.484 e. The summed E-state index contributed by atoms with van der Waals surface area (Å²) in [4.78, 5) is 24.1. The van der Waals surface area contributed by atoms with Crippen LogP contribution in [0.25, 0.3) is 16.7 Å². The maximum atomic E-state index is 13.1. The zero-order chi connectivity index (χ0) is 22.5. The van der Waals surface area contributed by atoms with Gasteiger partial charge in [0, 0.05) is 12.3 Å². The molecule has 0 aliphatic carbocycles. The van der Waals surface area contributed by atoms with E-state index in [1.165, 1.54) is 11.8 Å². The third-order valence-corrected chi connectivity index (χ3v) is 6.11. The number of thioether (sulfide) groups is 1. The number of unbranched alkanes of at least 4 members (excludes halogenated alkanes) is 2. The first kappa shape index (κ1) is 21.9. The molecule has 4 aromatic rings. The summed E-state index contributed by atoms with van der Waals surface area (Å²) in [7, 11) is 0. The fourth-order valence-electron chi connectivity index (χ4n) is 3.58. The molecule has 2 heterocycles. The van der Waals surface area contributed by atoms with Gasteiger partial charge in [0.15, 0.2) is 11.8 Å². The van der Waals surface area contributed by atoms with E-state index in [4.69, 9.17) is 10.5 Å². The topological polar surface area (TPSA) is 105 Å². The zero-order valence-electron chi connectivity index (χ0n) is 17.9. The minimum absolute atomic E-state index is 0.0348. The second-order valence-electron chi connectivity index (χ2n) is 7.49. The highest BCUT2D eigenvalue weighted by atomic mass is 32.2. The van der Waals surface area contributed by atoms with Crippen LogP contribution in [0.4, 0.5) is 0 Å². The van der Waals surface area contributed by atoms with E-state index in [1.807, 2.05) is 46.9 Å². The highest BCUT2D eigenvalue weighted by Gasteiger charge is 2.16. The Labute approximate surface area is 189 Å². The zero-order valence-corrected chi connectivity index (χ0v) is 18.7. The number of para-hydroxylation sites is 1. The molecule has 0 fully saturated rings. The maximum Gasteiger partial charge on any atom is 0.262 e. The molecule has 0 saturated carbocycles. The number of carbonyl (C=O) groups excluding carboxylic acids is 1. The number of benzene rings is 2. The van der Waals surface area contributed by atoms with Crippen LogP contribution in [0, 0.1) is 0 Å². The van der Waals surface area contributed by atoms with E-state index in [-0.39, 0.29) is 12.2 Å². The Morgan fingerprint density at radius 2 is 1.97 bits per heavy atom. The minimum Gasteiger partial charge on any atom is -0.484 e. The summed E-state index contributed by atoms with van der Waals surface area (Å²) in [6.07, 6.45) is 3.04. The van der Waals surface area contributed by atoms with Crippen LogP contribution < -0.4 is 16.0 Å². The number of nitrogens with zero attached hydrogens (tertiary/aromatic N) is 4. The Morgan fingerprint density at radius 1 is 1.12 bits per heavy atom. The predicted octanol–water partition coefficient (Wildman–Crippen LogP) is 3.39. The Morgan fingerprint density at radius 3 is 2.78 bits per heavy atom. The van der Waals surface area contributed by atoms with Crippen molar-refractivity contribution in [3.8, 4) is 5.75 Å². The number of carbonyl (C=O) groups is 1. The van der Waals surface area contributed by atoms with E-state index in [9.17, 15) is 9.59 Å². The number of aryl methyl sites for hydroxylation is 1. The van der Waals surface area contributed by atoms with Crippen LogP contribution in [-0.4, -0.2) is 31.7 Å². The van der Waals surface area contributed by atoms with Gasteiger partial charge in [0.1, 0.15) is 5.75 Å². The third kappa shape index (κ3) is 4.62. The van der Waals surface area contributed by atoms with Gasteiger partial charge >= 0.3 is 0 Å². The lowest BCUT2D eigenvalue weighted by Crippen LogP contribution is -2.23. The summed E-state index contributed by atoms with van der Waals surface area (Å²) in [5.74, 6) is 1.25. The number of hydrogen-bond acceptors (Lipinski definition) is 6. The summed E-state index contributed by atoms with van der Waals surface area (Å²) in [5.41, 5.74) is 6.92. The van der Waals surface area contributed by atoms with Gasteiger partial charge in [0.2, 0.25) is 5.78 Å². The Bertz CT molecular complexity index is 1310. The van der Waals surface area contributed by atoms with Crippen molar-refractivity contribution >= 4 is 34.3 Å². The average molecular weight is 452 g/mol. The molecule has 8 nitrogen and oxygen atoms in total. The molecule has 32 heavy (non-hydrogen) atoms. The Hall–Kier alpha value is -3.33. The highest BCUT2D eigenvalue weighted by molar-refractivity contribution is 7.98. The first-order valence-electron chi connectivity index (χ1n) is 10.6. The van der Waals surface area contributed by atoms with Crippen molar-refractivity contribution in [3.63, 3.8) is 0 Å². The molecule has 0 unspecified atom stereocenters. The predicted molar refractivity (Wildman–Crippen MR) is 125 cm³/mol. The summed E-state index contributed by atoms with van der Waals surface area (Å²) in [5, 5.41) is 10.1. The number of amides is 1. The van der Waals surface area contributed by atoms with Crippen molar-refractivity contribution < 1.29 is 9.53 Å². The number of nitrogens with two attached hydrogens (primary N) is 1. The SMILES string of the molecule is CCCCCn1c(=O)c2ccccc2n2c(SCc3cccc(OCC(N)=O)c3)nnc12. The van der Waals surface area contributed by atoms with Crippen LogP contribution >= 0.6 is 11.8 Å². The van der Waals surface area contributed by atoms with E-state index < -0.39 is 5.91 Å². The number of primary amides is 1. The van der Waals surface area contributed by atoms with Gasteiger partial charge < -0.3 is 10.5 Å². The van der Waals surface area contributed by atoms with Crippen LogP contribution in [0.3, 0.4) is 0 Å². The molecule has 0 saturated heterocycles. The molecular formula is C23H25N5O3S. The standard InChI is InChI=1S/C23H25N5O3S/c1-2-3-6-12-27-21(30)18-10-4-5-11-19(18)28-22(27)25-26-23(28)32-15-16-8-7-9-17(13-16)31-14-20(24)29/h4-5,7-11,13H,2-3,6,12,14-15H2,1H3,(H2,24,29). The molecule has 0 bridgehead atoms. The van der Waals surface area contributed by atoms with Gasteiger partial charge in [-0.2, -0.15) is 0 Å². The van der Waals surface area contributed by atoms with Crippen molar-refractivity contribution in [1.82, 2.24) is 19.2 Å². The van der Waals surface area contributed by atoms with Crippen LogP contribution in [0.2, 0.25) is 0 Å². The molecule has 2 aromatic carbocycles. The molecule has 9 heteroatoms. The molecule has 166 valence electrons. The average Bonchev–Trinajstić information content (AvgIpc) is 3.23. The van der Waals surface area contributed by atoms with Gasteiger partial charge in [-0.1, -0.05) is 55.8 Å². The van der Waals surface area contributed by atoms with E-state index in [1.54, 1.807) is 10.6 Å². The summed E-state index contributed by atoms with van der Waals surface area (Å²) >= 11 is 1.53. The normalized spacial score (nSPS) is 11.3. The molecule has 0 aliphatic heterocycles. The van der Waals surface area contributed by atoms with Crippen molar-refractivity contribution in [3.05, 3.63) is 64.4 Å². The van der Waals surface area contributed by atoms with Crippen LogP contribution in [0.5, 0.6) is 5.75 Å². The number of fused-ring (bicyclic) bond motifs is 3. The third-order valence-electron chi connectivity index (χ3n) is 5.11. The van der Waals surface area contributed by atoms with E-state index in [0.717, 1.165) is 30.3 Å². The van der Waals surface area contributed by atoms with Crippen LogP contribution in [0.15, 0.2) is 58.5 Å². The molecule has 2 N–H and O–H groups in total. The Kier molecular flexibility index (Phi) is 6.75. The smallest absolute Gasteiger partial charge is 0.262 e. The van der Waals surface area contributed by atoms with Gasteiger partial charge in [0.05, 0.1) is 10.9 Å². The molecule has 0 aliphatic rings. The second-order valence-corrected chi connectivity index (χ2v) is 8.43. The quantitative estimate of drug-likeness (QED) is 0.293. The molecule has 1 amide bonds. The first-order valence-corrected chi connectivity index (χ1v) is 11.6. The fourth-order valence-corrected chi connectivity index (χ4v) is 4.46. The van der Waals surface area contributed by atoms with Gasteiger partial charge in [0.25, 0.3) is 11.5 Å². The van der Waals surface area contributed by atoms with Crippen molar-refractivity contribution in [2.24, 2.45) is 5.73 Å². The maximum absolute atomic E-state index is 13.1. The summed E-state index contributed by atoms with van der Waals surface area (Å²) in [6, 6.07) is 15.1. The molecular weight excluding hydrogens is 426 g/mol. The number of rotatable bonds is 10. The second kappa shape index (κ2) is 9.86. The van der Waals surface area contributed by atoms with Gasteiger partial charge in [-0.05, 0) is 36.2 Å². The minimum atomic E-state index is -0.517. The highest BCUT2D eigenvalue weighted by Crippen LogP contribution is 2.26. The van der Waals surface area contributed by atoms with Crippen LogP contribution in [-0.2, 0) is 17.1 Å². The fraction of sp³-hybridized carbons (Fsp3) is 0.304. The lowest BCUT2D eigenvalue weighted by atomic mass is 10.2. The number of hydrogen-bond donors (Lipinski definition) is 1. The first-order chi connectivity index (χ1) is 15.6. The lowest BCUT2D eigenvalue weighted by Gasteiger charge is -2.11. The van der Waals surface area contributed by atoms with E-state index >= 15 is 0 Å². The monoisotopic (exact) mass is 451 g/mol. The van der Waals surface area contributed by atoms with Crippen LogP contribution in [0.1, 0.15) is 31.7 Å². The Balaban J connectivity index is 1.66. The van der Waals surface area contributed by atoms with Crippen molar-refractivity contribution in [2.75, 3.05) is 6.61 Å². The summed E-state index contributed by atoms with van der Waals surface area (Å²) in [6.45, 7) is 2.59. The van der Waals surface area contributed by atoms with Gasteiger partial charge in [-0.3, -0.25) is 18.6 Å². The number of aromatic nitrogens is 4. The molecule has 0 radical (unpaired) electrons. The van der Waals surface area contributed by atoms with Gasteiger partial charge in [-0.15, -0.1) is 10.2 Å². The van der Waals surface area contributed by atoms with Crippen molar-refractivity contribution in [2.45, 2.75) is 43.6 Å². The molecule has 4 rings (SSSR count). The lowest BCUT2D eigenvalue weighted by molar-refractivity contribution is -0.119. The molecule has 2 aromatic heterocycles. The molecule has 0 spiro atoms. The van der Waals surface area contributed by atoms with E-state index in [0.29, 0.717) is 34.4 Å². The number of ether oxygens (including phenoxy) is 1. The van der Waals surface area contributed by atoms with Gasteiger partial charge in [-0.25, -0.2) is 0 Å². The molecule has 0 atom stereocenters.